The molecule has 1 aliphatic carbocycles. The molecule has 2 aliphatic rings. The summed E-state index contributed by atoms with van der Waals surface area (Å²) >= 11 is 0. The van der Waals surface area contributed by atoms with Gasteiger partial charge in [0.05, 0.1) is 23.7 Å². The summed E-state index contributed by atoms with van der Waals surface area (Å²) < 4.78 is 7.68. The molecule has 27 heavy (non-hydrogen) atoms. The van der Waals surface area contributed by atoms with E-state index < -0.39 is 11.4 Å². The number of nitrogens with zero attached hydrogens (tertiary/aromatic N) is 2. The van der Waals surface area contributed by atoms with E-state index in [0.717, 1.165) is 38.0 Å². The minimum absolute atomic E-state index is 0.0918. The van der Waals surface area contributed by atoms with Crippen LogP contribution in [0.4, 0.5) is 5.69 Å². The maximum atomic E-state index is 12.7. The average Bonchev–Trinajstić information content (AvgIpc) is 3.45. The zero-order chi connectivity index (χ0) is 19.3. The van der Waals surface area contributed by atoms with Crippen molar-refractivity contribution in [3.05, 3.63) is 34.1 Å². The molecule has 2 atom stereocenters. The number of ether oxygens (including phenoxy) is 1. The van der Waals surface area contributed by atoms with Crippen LogP contribution < -0.4 is 20.8 Å². The molecular formula is C20H25N3O4. The predicted molar refractivity (Wildman–Crippen MR) is 104 cm³/mol. The molecule has 0 amide bonds. The van der Waals surface area contributed by atoms with E-state index in [1.54, 1.807) is 13.2 Å². The third kappa shape index (κ3) is 3.06. The van der Waals surface area contributed by atoms with E-state index in [1.807, 2.05) is 10.6 Å². The van der Waals surface area contributed by atoms with Crippen molar-refractivity contribution in [1.29, 1.82) is 0 Å². The van der Waals surface area contributed by atoms with E-state index in [-0.39, 0.29) is 17.6 Å². The summed E-state index contributed by atoms with van der Waals surface area (Å²) in [6.45, 7) is 3.78. The molecule has 1 aromatic carbocycles. The second-order valence-corrected chi connectivity index (χ2v) is 7.84. The first-order valence-corrected chi connectivity index (χ1v) is 9.40. The summed E-state index contributed by atoms with van der Waals surface area (Å²) in [7, 11) is 1.60. The SMILES string of the molecule is COc1c(N2C[C@H](C)C[C@H](N)C2)ccc2c(=O)c(C(=O)O)cn(C3CC3)c12. The van der Waals surface area contributed by atoms with Gasteiger partial charge in [-0.05, 0) is 37.3 Å². The molecule has 1 saturated heterocycles. The number of carboxylic acid groups (broad SMARTS) is 1. The second kappa shape index (κ2) is 6.56. The molecule has 3 N–H and O–H groups in total. The number of rotatable bonds is 4. The fraction of sp³-hybridized carbons (Fsp3) is 0.500. The van der Waals surface area contributed by atoms with E-state index in [4.69, 9.17) is 10.5 Å². The van der Waals surface area contributed by atoms with Gasteiger partial charge >= 0.3 is 5.97 Å². The Hall–Kier alpha value is -2.54. The molecule has 7 nitrogen and oxygen atoms in total. The predicted octanol–water partition coefficient (Wildman–Crippen LogP) is 2.22. The molecular weight excluding hydrogens is 346 g/mol. The van der Waals surface area contributed by atoms with E-state index in [2.05, 4.69) is 11.8 Å². The fourth-order valence-electron chi connectivity index (χ4n) is 4.25. The summed E-state index contributed by atoms with van der Waals surface area (Å²) in [6.07, 6.45) is 4.40. The highest BCUT2D eigenvalue weighted by molar-refractivity contribution is 5.97. The summed E-state index contributed by atoms with van der Waals surface area (Å²) in [4.78, 5) is 26.5. The van der Waals surface area contributed by atoms with Crippen molar-refractivity contribution >= 4 is 22.6 Å². The van der Waals surface area contributed by atoms with Gasteiger partial charge in [-0.25, -0.2) is 4.79 Å². The largest absolute Gasteiger partial charge is 0.492 e. The summed E-state index contributed by atoms with van der Waals surface area (Å²) in [5.41, 5.74) is 7.14. The van der Waals surface area contributed by atoms with Crippen LogP contribution in [0.1, 0.15) is 42.6 Å². The molecule has 0 unspecified atom stereocenters. The second-order valence-electron chi connectivity index (χ2n) is 7.84. The molecule has 0 spiro atoms. The molecule has 0 bridgehead atoms. The minimum atomic E-state index is -1.20. The molecule has 1 aromatic heterocycles. The van der Waals surface area contributed by atoms with Crippen molar-refractivity contribution in [3.8, 4) is 5.75 Å². The number of fused-ring (bicyclic) bond motifs is 1. The van der Waals surface area contributed by atoms with Crippen molar-refractivity contribution in [2.75, 3.05) is 25.1 Å². The van der Waals surface area contributed by atoms with Crippen LogP contribution >= 0.6 is 0 Å². The highest BCUT2D eigenvalue weighted by Crippen LogP contribution is 2.43. The van der Waals surface area contributed by atoms with Gasteiger partial charge in [-0.15, -0.1) is 0 Å². The molecule has 2 heterocycles. The first-order chi connectivity index (χ1) is 12.9. The van der Waals surface area contributed by atoms with Crippen LogP contribution in [0.3, 0.4) is 0 Å². The van der Waals surface area contributed by atoms with Gasteiger partial charge in [0.1, 0.15) is 5.56 Å². The molecule has 0 radical (unpaired) electrons. The van der Waals surface area contributed by atoms with Gasteiger partial charge in [-0.2, -0.15) is 0 Å². The summed E-state index contributed by atoms with van der Waals surface area (Å²) in [6, 6.07) is 3.88. The Morgan fingerprint density at radius 2 is 2.04 bits per heavy atom. The lowest BCUT2D eigenvalue weighted by molar-refractivity contribution is 0.0695. The third-order valence-electron chi connectivity index (χ3n) is 5.53. The van der Waals surface area contributed by atoms with E-state index in [0.29, 0.717) is 22.6 Å². The number of hydrogen-bond acceptors (Lipinski definition) is 5. The minimum Gasteiger partial charge on any atom is -0.492 e. The number of hydrogen-bond donors (Lipinski definition) is 2. The lowest BCUT2D eigenvalue weighted by Crippen LogP contribution is -2.46. The lowest BCUT2D eigenvalue weighted by Gasteiger charge is -2.37. The number of carbonyl (C=O) groups is 1. The molecule has 4 rings (SSSR count). The number of nitrogens with two attached hydrogens (primary N) is 1. The number of aromatic carboxylic acids is 1. The monoisotopic (exact) mass is 371 g/mol. The van der Waals surface area contributed by atoms with Gasteiger partial charge in [0.25, 0.3) is 0 Å². The van der Waals surface area contributed by atoms with Crippen LogP contribution in [0.25, 0.3) is 10.9 Å². The van der Waals surface area contributed by atoms with Crippen molar-refractivity contribution in [2.45, 2.75) is 38.3 Å². The van der Waals surface area contributed by atoms with Gasteiger partial charge in [0.15, 0.2) is 5.75 Å². The van der Waals surface area contributed by atoms with Crippen LogP contribution in [0, 0.1) is 5.92 Å². The number of methoxy groups -OCH3 is 1. The van der Waals surface area contributed by atoms with Crippen LogP contribution in [0.2, 0.25) is 0 Å². The lowest BCUT2D eigenvalue weighted by atomic mass is 9.95. The van der Waals surface area contributed by atoms with Gasteiger partial charge in [0.2, 0.25) is 5.43 Å². The summed E-state index contributed by atoms with van der Waals surface area (Å²) in [5, 5.41) is 9.81. The topological polar surface area (TPSA) is 97.8 Å². The van der Waals surface area contributed by atoms with Gasteiger partial charge in [0, 0.05) is 31.4 Å². The molecule has 144 valence electrons. The number of pyridine rings is 1. The fourth-order valence-corrected chi connectivity index (χ4v) is 4.25. The standard InChI is InChI=1S/C20H25N3O4/c1-11-7-12(21)9-22(8-11)16-6-5-14-17(19(16)27-2)23(13-3-4-13)10-15(18(14)24)20(25)26/h5-6,10-13H,3-4,7-9,21H2,1-2H3,(H,25,26)/t11-,12+/m1/s1. The highest BCUT2D eigenvalue weighted by Gasteiger charge is 2.31. The number of benzene rings is 1. The molecule has 2 aromatic rings. The quantitative estimate of drug-likeness (QED) is 0.855. The average molecular weight is 371 g/mol. The molecule has 1 aliphatic heterocycles. The smallest absolute Gasteiger partial charge is 0.341 e. The van der Waals surface area contributed by atoms with E-state index >= 15 is 0 Å². The first-order valence-electron chi connectivity index (χ1n) is 9.40. The van der Waals surface area contributed by atoms with E-state index in [1.165, 1.54) is 6.20 Å². The zero-order valence-corrected chi connectivity index (χ0v) is 15.6. The number of carboxylic acids is 1. The normalized spacial score (nSPS) is 22.9. The van der Waals surface area contributed by atoms with Gasteiger partial charge in [-0.1, -0.05) is 6.92 Å². The Kier molecular flexibility index (Phi) is 4.34. The molecule has 1 saturated carbocycles. The molecule has 7 heteroatoms. The Morgan fingerprint density at radius 3 is 2.63 bits per heavy atom. The number of aromatic nitrogens is 1. The number of anilines is 1. The first kappa shape index (κ1) is 17.9. The van der Waals surface area contributed by atoms with Gasteiger partial charge in [-0.3, -0.25) is 4.79 Å². The number of piperidine rings is 1. The van der Waals surface area contributed by atoms with Crippen LogP contribution in [0.15, 0.2) is 23.1 Å². The Bertz CT molecular complexity index is 954. The van der Waals surface area contributed by atoms with Crippen molar-refractivity contribution in [2.24, 2.45) is 11.7 Å². The molecule has 2 fully saturated rings. The van der Waals surface area contributed by atoms with Crippen molar-refractivity contribution < 1.29 is 14.6 Å². The third-order valence-corrected chi connectivity index (χ3v) is 5.53. The maximum absolute atomic E-state index is 12.7. The summed E-state index contributed by atoms with van der Waals surface area (Å²) in [5.74, 6) is -0.112. The van der Waals surface area contributed by atoms with Crippen LogP contribution in [-0.2, 0) is 0 Å². The Labute approximate surface area is 157 Å². The maximum Gasteiger partial charge on any atom is 0.341 e. The zero-order valence-electron chi connectivity index (χ0n) is 15.6. The van der Waals surface area contributed by atoms with Crippen LogP contribution in [0.5, 0.6) is 5.75 Å². The van der Waals surface area contributed by atoms with Crippen LogP contribution in [-0.4, -0.2) is 41.9 Å². The van der Waals surface area contributed by atoms with E-state index in [9.17, 15) is 14.7 Å². The Morgan fingerprint density at radius 1 is 1.30 bits per heavy atom. The Balaban J connectivity index is 1.96. The highest BCUT2D eigenvalue weighted by atomic mass is 16.5. The van der Waals surface area contributed by atoms with Gasteiger partial charge < -0.3 is 25.0 Å². The van der Waals surface area contributed by atoms with Crippen molar-refractivity contribution in [3.63, 3.8) is 0 Å². The van der Waals surface area contributed by atoms with Crippen molar-refractivity contribution in [1.82, 2.24) is 4.57 Å².